The second kappa shape index (κ2) is 5.29. The Labute approximate surface area is 94.4 Å². The molecule has 0 amide bonds. The molecule has 1 rings (SSSR count). The lowest BCUT2D eigenvalue weighted by molar-refractivity contribution is -0.384. The number of nitrogens with one attached hydrogen (secondary N) is 1. The standard InChI is InChI=1S/C10H16N4O2/c1-4-5-13(3)10-7-8(14(15)16)6-9(11-2)12-10/h6-7H,4-5H2,1-3H3,(H,11,12). The molecule has 0 saturated heterocycles. The van der Waals surface area contributed by atoms with Gasteiger partial charge in [-0.3, -0.25) is 10.1 Å². The first kappa shape index (κ1) is 12.2. The van der Waals surface area contributed by atoms with Gasteiger partial charge >= 0.3 is 0 Å². The summed E-state index contributed by atoms with van der Waals surface area (Å²) in [4.78, 5) is 16.5. The van der Waals surface area contributed by atoms with E-state index in [1.807, 2.05) is 18.9 Å². The average molecular weight is 224 g/mol. The smallest absolute Gasteiger partial charge is 0.276 e. The summed E-state index contributed by atoms with van der Waals surface area (Å²) in [6, 6.07) is 2.90. The Morgan fingerprint density at radius 1 is 1.56 bits per heavy atom. The van der Waals surface area contributed by atoms with Crippen molar-refractivity contribution in [3.8, 4) is 0 Å². The molecule has 0 aromatic carbocycles. The van der Waals surface area contributed by atoms with Crippen LogP contribution in [-0.2, 0) is 0 Å². The molecule has 88 valence electrons. The minimum atomic E-state index is -0.411. The van der Waals surface area contributed by atoms with Gasteiger partial charge in [-0.2, -0.15) is 0 Å². The molecular formula is C10H16N4O2. The molecule has 0 aliphatic rings. The summed E-state index contributed by atoms with van der Waals surface area (Å²) in [6.07, 6.45) is 0.968. The molecule has 16 heavy (non-hydrogen) atoms. The van der Waals surface area contributed by atoms with E-state index < -0.39 is 4.92 Å². The largest absolute Gasteiger partial charge is 0.373 e. The lowest BCUT2D eigenvalue weighted by atomic mass is 10.3. The van der Waals surface area contributed by atoms with Crippen molar-refractivity contribution in [1.82, 2.24) is 4.98 Å². The zero-order chi connectivity index (χ0) is 12.1. The molecule has 0 fully saturated rings. The van der Waals surface area contributed by atoms with E-state index in [4.69, 9.17) is 0 Å². The zero-order valence-corrected chi connectivity index (χ0v) is 9.73. The number of pyridine rings is 1. The molecule has 0 bridgehead atoms. The number of hydrogen-bond acceptors (Lipinski definition) is 5. The molecule has 6 nitrogen and oxygen atoms in total. The first-order valence-corrected chi connectivity index (χ1v) is 5.13. The predicted octanol–water partition coefficient (Wildman–Crippen LogP) is 1.88. The van der Waals surface area contributed by atoms with Gasteiger partial charge in [0.05, 0.1) is 17.1 Å². The minimum absolute atomic E-state index is 0.0531. The molecule has 0 spiro atoms. The van der Waals surface area contributed by atoms with Gasteiger partial charge in [-0.05, 0) is 6.42 Å². The molecular weight excluding hydrogens is 208 g/mol. The van der Waals surface area contributed by atoms with Gasteiger partial charge in [0.2, 0.25) is 0 Å². The fraction of sp³-hybridized carbons (Fsp3) is 0.500. The SMILES string of the molecule is CCCN(C)c1cc([N+](=O)[O-])cc(NC)n1. The molecule has 1 N–H and O–H groups in total. The fourth-order valence-electron chi connectivity index (χ4n) is 1.38. The van der Waals surface area contributed by atoms with Crippen molar-refractivity contribution in [2.75, 3.05) is 30.9 Å². The summed E-state index contributed by atoms with van der Waals surface area (Å²) in [5.74, 6) is 1.12. The quantitative estimate of drug-likeness (QED) is 0.610. The molecule has 1 aromatic heterocycles. The first-order chi connectivity index (χ1) is 7.58. The van der Waals surface area contributed by atoms with E-state index in [1.54, 1.807) is 7.05 Å². The van der Waals surface area contributed by atoms with Crippen molar-refractivity contribution in [3.05, 3.63) is 22.2 Å². The highest BCUT2D eigenvalue weighted by atomic mass is 16.6. The van der Waals surface area contributed by atoms with Gasteiger partial charge in [0.25, 0.3) is 5.69 Å². The van der Waals surface area contributed by atoms with Gasteiger partial charge < -0.3 is 10.2 Å². The summed E-state index contributed by atoms with van der Waals surface area (Å²) in [5.41, 5.74) is 0.0531. The highest BCUT2D eigenvalue weighted by Gasteiger charge is 2.12. The van der Waals surface area contributed by atoms with Crippen LogP contribution in [0.5, 0.6) is 0 Å². The van der Waals surface area contributed by atoms with Crippen molar-refractivity contribution >= 4 is 17.3 Å². The van der Waals surface area contributed by atoms with Crippen molar-refractivity contribution in [3.63, 3.8) is 0 Å². The molecule has 0 aliphatic heterocycles. The van der Waals surface area contributed by atoms with Crippen LogP contribution in [0.1, 0.15) is 13.3 Å². The van der Waals surface area contributed by atoms with E-state index in [9.17, 15) is 10.1 Å². The van der Waals surface area contributed by atoms with Crippen molar-refractivity contribution in [2.24, 2.45) is 0 Å². The van der Waals surface area contributed by atoms with Gasteiger partial charge in [-0.15, -0.1) is 0 Å². The Morgan fingerprint density at radius 2 is 2.25 bits per heavy atom. The summed E-state index contributed by atoms with van der Waals surface area (Å²) < 4.78 is 0. The maximum absolute atomic E-state index is 10.7. The maximum atomic E-state index is 10.7. The number of hydrogen-bond donors (Lipinski definition) is 1. The van der Waals surface area contributed by atoms with E-state index >= 15 is 0 Å². The second-order valence-electron chi connectivity index (χ2n) is 3.50. The number of aromatic nitrogens is 1. The summed E-state index contributed by atoms with van der Waals surface area (Å²) >= 11 is 0. The van der Waals surface area contributed by atoms with Gasteiger partial charge in [-0.25, -0.2) is 4.98 Å². The second-order valence-corrected chi connectivity index (χ2v) is 3.50. The third kappa shape index (κ3) is 2.82. The number of rotatable bonds is 5. The first-order valence-electron chi connectivity index (χ1n) is 5.13. The van der Waals surface area contributed by atoms with Crippen LogP contribution in [0, 0.1) is 10.1 Å². The average Bonchev–Trinajstić information content (AvgIpc) is 2.28. The van der Waals surface area contributed by atoms with E-state index in [2.05, 4.69) is 10.3 Å². The Hall–Kier alpha value is -1.85. The van der Waals surface area contributed by atoms with Crippen molar-refractivity contribution in [1.29, 1.82) is 0 Å². The van der Waals surface area contributed by atoms with Gasteiger partial charge in [0.15, 0.2) is 0 Å². The van der Waals surface area contributed by atoms with Crippen LogP contribution in [0.2, 0.25) is 0 Å². The summed E-state index contributed by atoms with van der Waals surface area (Å²) in [7, 11) is 3.56. The molecule has 0 aliphatic carbocycles. The third-order valence-corrected chi connectivity index (χ3v) is 2.21. The van der Waals surface area contributed by atoms with Crippen LogP contribution in [0.3, 0.4) is 0 Å². The van der Waals surface area contributed by atoms with Crippen LogP contribution in [-0.4, -0.2) is 30.5 Å². The van der Waals surface area contributed by atoms with Gasteiger partial charge in [0.1, 0.15) is 11.6 Å². The lowest BCUT2D eigenvalue weighted by Crippen LogP contribution is -2.19. The van der Waals surface area contributed by atoms with Gasteiger partial charge in [-0.1, -0.05) is 6.92 Å². The van der Waals surface area contributed by atoms with E-state index in [-0.39, 0.29) is 5.69 Å². The minimum Gasteiger partial charge on any atom is -0.373 e. The van der Waals surface area contributed by atoms with E-state index in [1.165, 1.54) is 12.1 Å². The highest BCUT2D eigenvalue weighted by molar-refractivity contribution is 5.55. The van der Waals surface area contributed by atoms with Crippen LogP contribution in [0.25, 0.3) is 0 Å². The molecule has 0 saturated carbocycles. The summed E-state index contributed by atoms with van der Waals surface area (Å²) in [5, 5.41) is 13.6. The van der Waals surface area contributed by atoms with Crippen LogP contribution in [0.4, 0.5) is 17.3 Å². The zero-order valence-electron chi connectivity index (χ0n) is 9.73. The van der Waals surface area contributed by atoms with E-state index in [0.717, 1.165) is 13.0 Å². The molecule has 0 atom stereocenters. The Kier molecular flexibility index (Phi) is 4.04. The van der Waals surface area contributed by atoms with Crippen LogP contribution < -0.4 is 10.2 Å². The molecule has 6 heteroatoms. The van der Waals surface area contributed by atoms with Gasteiger partial charge in [0, 0.05) is 20.6 Å². The Morgan fingerprint density at radius 3 is 2.75 bits per heavy atom. The molecule has 0 unspecified atom stereocenters. The monoisotopic (exact) mass is 224 g/mol. The van der Waals surface area contributed by atoms with Crippen LogP contribution in [0.15, 0.2) is 12.1 Å². The maximum Gasteiger partial charge on any atom is 0.276 e. The predicted molar refractivity (Wildman–Crippen MR) is 64.0 cm³/mol. The van der Waals surface area contributed by atoms with Crippen molar-refractivity contribution < 1.29 is 4.92 Å². The Bertz CT molecular complexity index is 381. The normalized spacial score (nSPS) is 9.94. The van der Waals surface area contributed by atoms with E-state index in [0.29, 0.717) is 11.6 Å². The lowest BCUT2D eigenvalue weighted by Gasteiger charge is -2.17. The third-order valence-electron chi connectivity index (χ3n) is 2.21. The Balaban J connectivity index is 3.08. The number of nitro groups is 1. The van der Waals surface area contributed by atoms with Crippen molar-refractivity contribution in [2.45, 2.75) is 13.3 Å². The number of anilines is 2. The highest BCUT2D eigenvalue weighted by Crippen LogP contribution is 2.22. The topological polar surface area (TPSA) is 71.3 Å². The van der Waals surface area contributed by atoms with Crippen LogP contribution >= 0.6 is 0 Å². The molecule has 0 radical (unpaired) electrons. The molecule has 1 heterocycles. The number of nitrogens with zero attached hydrogens (tertiary/aromatic N) is 3. The summed E-state index contributed by atoms with van der Waals surface area (Å²) in [6.45, 7) is 2.87. The fourth-order valence-corrected chi connectivity index (χ4v) is 1.38. The molecule has 1 aromatic rings.